The number of hydrogen-bond donors (Lipinski definition) is 2. The van der Waals surface area contributed by atoms with Crippen LogP contribution in [-0.4, -0.2) is 57.4 Å². The average Bonchev–Trinajstić information content (AvgIpc) is 2.62. The summed E-state index contributed by atoms with van der Waals surface area (Å²) >= 11 is 0. The van der Waals surface area contributed by atoms with Crippen molar-refractivity contribution in [2.45, 2.75) is 38.3 Å². The minimum atomic E-state index is -0.536. The Bertz CT molecular complexity index is 941. The first kappa shape index (κ1) is 17.7. The lowest BCUT2D eigenvalue weighted by Crippen LogP contribution is -2.63. The van der Waals surface area contributed by atoms with Gasteiger partial charge in [0.15, 0.2) is 0 Å². The number of amides is 1. The number of rotatable bonds is 3. The van der Waals surface area contributed by atoms with Gasteiger partial charge in [-0.1, -0.05) is 18.6 Å². The Labute approximate surface area is 157 Å². The highest BCUT2D eigenvalue weighted by atomic mass is 16.2. The van der Waals surface area contributed by atoms with Gasteiger partial charge in [0.25, 0.3) is 11.5 Å². The lowest BCUT2D eigenvalue weighted by molar-refractivity contribution is 0.00213. The number of benzene rings is 1. The molecule has 0 saturated carbocycles. The van der Waals surface area contributed by atoms with Crippen molar-refractivity contribution >= 4 is 5.91 Å². The van der Waals surface area contributed by atoms with E-state index in [0.29, 0.717) is 28.8 Å². The van der Waals surface area contributed by atoms with Crippen LogP contribution in [0.25, 0.3) is 11.1 Å². The van der Waals surface area contributed by atoms with Gasteiger partial charge in [-0.05, 0) is 44.0 Å². The van der Waals surface area contributed by atoms with Crippen LogP contribution in [-0.2, 0) is 0 Å². The van der Waals surface area contributed by atoms with Gasteiger partial charge in [-0.2, -0.15) is 0 Å². The summed E-state index contributed by atoms with van der Waals surface area (Å²) in [5.74, 6) is 0.0258. The van der Waals surface area contributed by atoms with E-state index in [1.54, 1.807) is 24.3 Å². The highest BCUT2D eigenvalue weighted by Crippen LogP contribution is 2.26. The van der Waals surface area contributed by atoms with E-state index in [4.69, 9.17) is 0 Å². The molecule has 0 bridgehead atoms. The summed E-state index contributed by atoms with van der Waals surface area (Å²) in [5, 5.41) is 0. The van der Waals surface area contributed by atoms with Crippen molar-refractivity contribution in [3.05, 3.63) is 56.9 Å². The lowest BCUT2D eigenvalue weighted by Gasteiger charge is -2.49. The first-order chi connectivity index (χ1) is 13.0. The van der Waals surface area contributed by atoms with E-state index in [1.165, 1.54) is 25.5 Å². The van der Waals surface area contributed by atoms with Crippen LogP contribution in [0.15, 0.2) is 40.1 Å². The molecule has 0 aliphatic carbocycles. The van der Waals surface area contributed by atoms with E-state index in [2.05, 4.69) is 21.8 Å². The fourth-order valence-electron chi connectivity index (χ4n) is 4.09. The number of carbonyl (C=O) groups excluding carboxylic acids is 1. The molecule has 27 heavy (non-hydrogen) atoms. The molecule has 2 aliphatic rings. The fourth-order valence-corrected chi connectivity index (χ4v) is 4.09. The monoisotopic (exact) mass is 368 g/mol. The molecule has 1 atom stereocenters. The molecule has 1 aromatic carbocycles. The number of nitrogens with one attached hydrogen (secondary N) is 2. The number of hydrogen-bond acceptors (Lipinski definition) is 4. The summed E-state index contributed by atoms with van der Waals surface area (Å²) in [6, 6.07) is 8.03. The lowest BCUT2D eigenvalue weighted by atomic mass is 9.96. The second-order valence-corrected chi connectivity index (χ2v) is 7.51. The maximum Gasteiger partial charge on any atom is 0.325 e. The summed E-state index contributed by atoms with van der Waals surface area (Å²) in [6.07, 6.45) is 5.19. The van der Waals surface area contributed by atoms with Gasteiger partial charge in [0.2, 0.25) is 0 Å². The Morgan fingerprint density at radius 3 is 2.52 bits per heavy atom. The summed E-state index contributed by atoms with van der Waals surface area (Å²) in [7, 11) is 0. The molecule has 2 N–H and O–H groups in total. The van der Waals surface area contributed by atoms with Crippen LogP contribution in [0.1, 0.15) is 36.5 Å². The van der Waals surface area contributed by atoms with Gasteiger partial charge in [-0.25, -0.2) is 4.79 Å². The first-order valence-electron chi connectivity index (χ1n) is 9.50. The quantitative estimate of drug-likeness (QED) is 0.858. The van der Waals surface area contributed by atoms with Crippen LogP contribution < -0.4 is 11.2 Å². The molecule has 142 valence electrons. The minimum absolute atomic E-state index is 0.0258. The molecule has 7 nitrogen and oxygen atoms in total. The van der Waals surface area contributed by atoms with Gasteiger partial charge in [0.05, 0.1) is 5.56 Å². The average molecular weight is 368 g/mol. The maximum atomic E-state index is 12.7. The predicted molar refractivity (Wildman–Crippen MR) is 103 cm³/mol. The van der Waals surface area contributed by atoms with Crippen LogP contribution >= 0.6 is 0 Å². The number of aromatic amines is 2. The molecule has 2 fully saturated rings. The summed E-state index contributed by atoms with van der Waals surface area (Å²) in [6.45, 7) is 4.98. The van der Waals surface area contributed by atoms with Crippen molar-refractivity contribution < 1.29 is 4.79 Å². The number of aromatic nitrogens is 2. The molecule has 2 aliphatic heterocycles. The van der Waals surface area contributed by atoms with E-state index in [9.17, 15) is 14.4 Å². The standard InChI is InChI=1S/C20H24N4O3/c1-13-4-2-3-9-24(13)16-11-23(12-16)19(26)15-7-5-14(6-8-15)17-10-21-20(27)22-18(17)25/h5-8,10,13,16H,2-4,9,11-12H2,1H3,(H2,21,22,25,27)/t13-/m1/s1. The van der Waals surface area contributed by atoms with Crippen LogP contribution in [0.5, 0.6) is 0 Å². The van der Waals surface area contributed by atoms with Crippen molar-refractivity contribution in [1.82, 2.24) is 19.8 Å². The van der Waals surface area contributed by atoms with Crippen LogP contribution in [0, 0.1) is 0 Å². The van der Waals surface area contributed by atoms with E-state index < -0.39 is 11.2 Å². The molecule has 0 spiro atoms. The van der Waals surface area contributed by atoms with E-state index in [-0.39, 0.29) is 5.91 Å². The maximum absolute atomic E-state index is 12.7. The summed E-state index contributed by atoms with van der Waals surface area (Å²) in [5.41, 5.74) is 0.666. The Morgan fingerprint density at radius 1 is 1.11 bits per heavy atom. The van der Waals surface area contributed by atoms with Crippen molar-refractivity contribution in [2.24, 2.45) is 0 Å². The van der Waals surface area contributed by atoms with Crippen LogP contribution in [0.4, 0.5) is 0 Å². The summed E-state index contributed by atoms with van der Waals surface area (Å²) < 4.78 is 0. The van der Waals surface area contributed by atoms with E-state index in [1.807, 2.05) is 4.90 Å². The van der Waals surface area contributed by atoms with Gasteiger partial charge in [0.1, 0.15) is 0 Å². The van der Waals surface area contributed by atoms with Crippen LogP contribution in [0.3, 0.4) is 0 Å². The Kier molecular flexibility index (Phi) is 4.70. The zero-order valence-corrected chi connectivity index (χ0v) is 15.4. The molecular formula is C20H24N4O3. The molecule has 2 aromatic rings. The second kappa shape index (κ2) is 7.15. The molecule has 7 heteroatoms. The summed E-state index contributed by atoms with van der Waals surface area (Å²) in [4.78, 5) is 44.8. The zero-order chi connectivity index (χ0) is 19.0. The zero-order valence-electron chi connectivity index (χ0n) is 15.4. The van der Waals surface area contributed by atoms with Gasteiger partial charge < -0.3 is 9.88 Å². The van der Waals surface area contributed by atoms with Crippen LogP contribution in [0.2, 0.25) is 0 Å². The Hall–Kier alpha value is -2.67. The third-order valence-corrected chi connectivity index (χ3v) is 5.74. The molecule has 1 amide bonds. The van der Waals surface area contributed by atoms with E-state index in [0.717, 1.165) is 19.6 Å². The second-order valence-electron chi connectivity index (χ2n) is 7.51. The first-order valence-corrected chi connectivity index (χ1v) is 9.50. The van der Waals surface area contributed by atoms with Gasteiger partial charge in [-0.15, -0.1) is 0 Å². The molecule has 0 unspecified atom stereocenters. The number of H-pyrrole nitrogens is 2. The molecule has 0 radical (unpaired) electrons. The largest absolute Gasteiger partial charge is 0.335 e. The minimum Gasteiger partial charge on any atom is -0.335 e. The number of nitrogens with zero attached hydrogens (tertiary/aromatic N) is 2. The van der Waals surface area contributed by atoms with Gasteiger partial charge >= 0.3 is 5.69 Å². The molecule has 3 heterocycles. The molecule has 1 aromatic heterocycles. The molecular weight excluding hydrogens is 344 g/mol. The van der Waals surface area contributed by atoms with Gasteiger partial charge in [0, 0.05) is 36.9 Å². The van der Waals surface area contributed by atoms with Crippen molar-refractivity contribution in [3.8, 4) is 11.1 Å². The number of piperidine rings is 1. The normalized spacial score (nSPS) is 21.1. The fraction of sp³-hybridized carbons (Fsp3) is 0.450. The highest BCUT2D eigenvalue weighted by Gasteiger charge is 2.37. The number of likely N-dealkylation sites (tertiary alicyclic amines) is 2. The van der Waals surface area contributed by atoms with Gasteiger partial charge in [-0.3, -0.25) is 19.5 Å². The van der Waals surface area contributed by atoms with E-state index >= 15 is 0 Å². The highest BCUT2D eigenvalue weighted by molar-refractivity contribution is 5.95. The third-order valence-electron chi connectivity index (χ3n) is 5.74. The Morgan fingerprint density at radius 2 is 1.85 bits per heavy atom. The van der Waals surface area contributed by atoms with Crippen molar-refractivity contribution in [3.63, 3.8) is 0 Å². The smallest absolute Gasteiger partial charge is 0.325 e. The Balaban J connectivity index is 1.42. The molecule has 4 rings (SSSR count). The van der Waals surface area contributed by atoms with Crippen molar-refractivity contribution in [2.75, 3.05) is 19.6 Å². The SMILES string of the molecule is C[C@@H]1CCCCN1C1CN(C(=O)c2ccc(-c3c[nH]c(=O)[nH]c3=O)cc2)C1. The number of carbonyl (C=O) groups is 1. The topological polar surface area (TPSA) is 89.3 Å². The molecule has 2 saturated heterocycles. The third kappa shape index (κ3) is 3.47. The van der Waals surface area contributed by atoms with Crippen molar-refractivity contribution in [1.29, 1.82) is 0 Å². The predicted octanol–water partition coefficient (Wildman–Crippen LogP) is 1.43.